The number of hydrogen-bond acceptors (Lipinski definition) is 1. The molecule has 86 valence electrons. The third kappa shape index (κ3) is 2.05. The van der Waals surface area contributed by atoms with Crippen molar-refractivity contribution in [1.29, 1.82) is 0 Å². The monoisotopic (exact) mass is 279 g/mol. The van der Waals surface area contributed by atoms with Gasteiger partial charge in [0.15, 0.2) is 0 Å². The van der Waals surface area contributed by atoms with E-state index in [1.54, 1.807) is 0 Å². The van der Waals surface area contributed by atoms with Gasteiger partial charge in [0, 0.05) is 24.1 Å². The fraction of sp³-hybridized carbons (Fsp3) is 0.571. The van der Waals surface area contributed by atoms with Crippen LogP contribution >= 0.6 is 15.9 Å². The lowest BCUT2D eigenvalue weighted by Gasteiger charge is -2.17. The molecular formula is C14H18BrN. The van der Waals surface area contributed by atoms with E-state index in [1.165, 1.54) is 42.4 Å². The molecule has 1 nitrogen and oxygen atoms in total. The average Bonchev–Trinajstić information content (AvgIpc) is 2.81. The van der Waals surface area contributed by atoms with Gasteiger partial charge in [0.2, 0.25) is 0 Å². The van der Waals surface area contributed by atoms with Crippen LogP contribution in [0.2, 0.25) is 0 Å². The molecule has 0 N–H and O–H groups in total. The van der Waals surface area contributed by atoms with Crippen LogP contribution in [0.1, 0.15) is 24.8 Å². The molecule has 1 saturated carbocycles. The summed E-state index contributed by atoms with van der Waals surface area (Å²) in [6.07, 6.45) is 4.41. The van der Waals surface area contributed by atoms with E-state index in [0.29, 0.717) is 0 Å². The Morgan fingerprint density at radius 3 is 2.50 bits per heavy atom. The van der Waals surface area contributed by atoms with Crippen molar-refractivity contribution in [3.63, 3.8) is 0 Å². The first kappa shape index (κ1) is 10.8. The highest BCUT2D eigenvalue weighted by atomic mass is 79.9. The summed E-state index contributed by atoms with van der Waals surface area (Å²) in [6, 6.07) is 8.60. The van der Waals surface area contributed by atoms with Gasteiger partial charge in [-0.3, -0.25) is 4.90 Å². The zero-order valence-electron chi connectivity index (χ0n) is 9.53. The largest absolute Gasteiger partial charge is 0.298 e. The number of nitrogens with zero attached hydrogens (tertiary/aromatic N) is 1. The second kappa shape index (κ2) is 4.50. The molecule has 1 aromatic rings. The summed E-state index contributed by atoms with van der Waals surface area (Å²) in [6.45, 7) is 3.77. The highest BCUT2D eigenvalue weighted by molar-refractivity contribution is 9.10. The maximum absolute atomic E-state index is 3.64. The Kier molecular flexibility index (Phi) is 3.03. The van der Waals surface area contributed by atoms with E-state index >= 15 is 0 Å². The van der Waals surface area contributed by atoms with Crippen molar-refractivity contribution < 1.29 is 0 Å². The van der Waals surface area contributed by atoms with Crippen molar-refractivity contribution in [2.75, 3.05) is 13.1 Å². The topological polar surface area (TPSA) is 3.24 Å². The molecule has 0 amide bonds. The van der Waals surface area contributed by atoms with E-state index in [-0.39, 0.29) is 0 Å². The van der Waals surface area contributed by atoms with Crippen LogP contribution in [-0.4, -0.2) is 18.0 Å². The Labute approximate surface area is 106 Å². The molecule has 2 heteroatoms. The quantitative estimate of drug-likeness (QED) is 0.798. The molecule has 0 radical (unpaired) electrons. The molecule has 3 rings (SSSR count). The fourth-order valence-corrected chi connectivity index (χ4v) is 3.74. The summed E-state index contributed by atoms with van der Waals surface area (Å²) < 4.78 is 1.26. The Hall–Kier alpha value is -0.340. The molecule has 2 atom stereocenters. The minimum atomic E-state index is 1.00. The molecule has 16 heavy (non-hydrogen) atoms. The van der Waals surface area contributed by atoms with Crippen molar-refractivity contribution in [2.24, 2.45) is 11.8 Å². The van der Waals surface area contributed by atoms with Crippen LogP contribution in [0.4, 0.5) is 0 Å². The third-order valence-electron chi connectivity index (χ3n) is 4.15. The van der Waals surface area contributed by atoms with Gasteiger partial charge in [-0.15, -0.1) is 0 Å². The van der Waals surface area contributed by atoms with Crippen molar-refractivity contribution in [3.05, 3.63) is 34.3 Å². The van der Waals surface area contributed by atoms with Crippen LogP contribution in [0, 0.1) is 11.8 Å². The molecule has 1 aliphatic heterocycles. The Bertz CT molecular complexity index is 365. The van der Waals surface area contributed by atoms with Gasteiger partial charge in [0.1, 0.15) is 0 Å². The zero-order chi connectivity index (χ0) is 11.0. The van der Waals surface area contributed by atoms with E-state index < -0.39 is 0 Å². The number of rotatable bonds is 2. The first-order valence-electron chi connectivity index (χ1n) is 6.28. The van der Waals surface area contributed by atoms with Crippen LogP contribution in [-0.2, 0) is 6.54 Å². The summed E-state index contributed by atoms with van der Waals surface area (Å²) in [5, 5.41) is 0. The van der Waals surface area contributed by atoms with E-state index in [4.69, 9.17) is 0 Å². The summed E-state index contributed by atoms with van der Waals surface area (Å²) in [4.78, 5) is 2.63. The Morgan fingerprint density at radius 1 is 1.12 bits per heavy atom. The van der Waals surface area contributed by atoms with Crippen molar-refractivity contribution in [3.8, 4) is 0 Å². The standard InChI is InChI=1S/C14H18BrN/c15-14-7-2-1-4-13(14)10-16-8-11-5-3-6-12(11)9-16/h1-2,4,7,11-12H,3,5-6,8-10H2. The second-order valence-electron chi connectivity index (χ2n) is 5.24. The molecular weight excluding hydrogens is 262 g/mol. The lowest BCUT2D eigenvalue weighted by atomic mass is 10.0. The van der Waals surface area contributed by atoms with Crippen LogP contribution in [0.15, 0.2) is 28.7 Å². The molecule has 1 aliphatic carbocycles. The smallest absolute Gasteiger partial charge is 0.0245 e. The summed E-state index contributed by atoms with van der Waals surface area (Å²) >= 11 is 3.64. The maximum atomic E-state index is 3.64. The molecule has 1 heterocycles. The van der Waals surface area contributed by atoms with Crippen molar-refractivity contribution >= 4 is 15.9 Å². The summed E-state index contributed by atoms with van der Waals surface area (Å²) in [7, 11) is 0. The summed E-state index contributed by atoms with van der Waals surface area (Å²) in [5.41, 5.74) is 1.43. The van der Waals surface area contributed by atoms with Gasteiger partial charge in [-0.2, -0.15) is 0 Å². The average molecular weight is 280 g/mol. The van der Waals surface area contributed by atoms with Crippen LogP contribution in [0.5, 0.6) is 0 Å². The van der Waals surface area contributed by atoms with Crippen molar-refractivity contribution in [2.45, 2.75) is 25.8 Å². The third-order valence-corrected chi connectivity index (χ3v) is 4.93. The molecule has 0 bridgehead atoms. The molecule has 2 aliphatic rings. The zero-order valence-corrected chi connectivity index (χ0v) is 11.1. The molecule has 1 aromatic carbocycles. The lowest BCUT2D eigenvalue weighted by Crippen LogP contribution is -2.21. The van der Waals surface area contributed by atoms with E-state index in [1.807, 2.05) is 0 Å². The number of fused-ring (bicyclic) bond motifs is 1. The van der Waals surface area contributed by atoms with Gasteiger partial charge in [-0.1, -0.05) is 40.5 Å². The van der Waals surface area contributed by atoms with Gasteiger partial charge in [0.25, 0.3) is 0 Å². The highest BCUT2D eigenvalue weighted by Gasteiger charge is 2.35. The van der Waals surface area contributed by atoms with E-state index in [9.17, 15) is 0 Å². The number of benzene rings is 1. The fourth-order valence-electron chi connectivity index (χ4n) is 3.33. The number of hydrogen-bond donors (Lipinski definition) is 0. The normalized spacial score (nSPS) is 29.6. The molecule has 0 aromatic heterocycles. The van der Waals surface area contributed by atoms with Crippen molar-refractivity contribution in [1.82, 2.24) is 4.90 Å². The van der Waals surface area contributed by atoms with Gasteiger partial charge in [0.05, 0.1) is 0 Å². The lowest BCUT2D eigenvalue weighted by molar-refractivity contribution is 0.303. The van der Waals surface area contributed by atoms with Crippen LogP contribution < -0.4 is 0 Å². The Balaban J connectivity index is 1.66. The van der Waals surface area contributed by atoms with Crippen LogP contribution in [0.3, 0.4) is 0 Å². The van der Waals surface area contributed by atoms with Crippen LogP contribution in [0.25, 0.3) is 0 Å². The Morgan fingerprint density at radius 2 is 1.81 bits per heavy atom. The predicted molar refractivity (Wildman–Crippen MR) is 70.3 cm³/mol. The van der Waals surface area contributed by atoms with Gasteiger partial charge < -0.3 is 0 Å². The first-order valence-corrected chi connectivity index (χ1v) is 7.08. The maximum Gasteiger partial charge on any atom is 0.0245 e. The molecule has 0 spiro atoms. The number of halogens is 1. The minimum absolute atomic E-state index is 1.00. The summed E-state index contributed by atoms with van der Waals surface area (Å²) in [5.74, 6) is 2.00. The number of likely N-dealkylation sites (tertiary alicyclic amines) is 1. The van der Waals surface area contributed by atoms with E-state index in [0.717, 1.165) is 18.4 Å². The van der Waals surface area contributed by atoms with Gasteiger partial charge in [-0.05, 0) is 36.3 Å². The SMILES string of the molecule is Brc1ccccc1CN1CC2CCCC2C1. The second-order valence-corrected chi connectivity index (χ2v) is 6.09. The predicted octanol–water partition coefficient (Wildman–Crippen LogP) is 3.68. The molecule has 1 saturated heterocycles. The van der Waals surface area contributed by atoms with E-state index in [2.05, 4.69) is 45.1 Å². The highest BCUT2D eigenvalue weighted by Crippen LogP contribution is 2.38. The minimum Gasteiger partial charge on any atom is -0.298 e. The van der Waals surface area contributed by atoms with Gasteiger partial charge >= 0.3 is 0 Å². The molecule has 2 unspecified atom stereocenters. The molecule has 2 fully saturated rings. The first-order chi connectivity index (χ1) is 7.83. The van der Waals surface area contributed by atoms with Gasteiger partial charge in [-0.25, -0.2) is 0 Å².